The van der Waals surface area contributed by atoms with Crippen molar-refractivity contribution in [2.24, 2.45) is 5.41 Å². The van der Waals surface area contributed by atoms with E-state index < -0.39 is 6.10 Å². The van der Waals surface area contributed by atoms with Crippen molar-refractivity contribution in [1.29, 1.82) is 0 Å². The Hall–Kier alpha value is -1.51. The number of rotatable bonds is 4. The monoisotopic (exact) mass is 303 g/mol. The van der Waals surface area contributed by atoms with Crippen molar-refractivity contribution >= 4 is 5.91 Å². The molecule has 1 fully saturated rings. The molecule has 0 bridgehead atoms. The number of benzene rings is 1. The second-order valence-electron chi connectivity index (χ2n) is 7.48. The summed E-state index contributed by atoms with van der Waals surface area (Å²) >= 11 is 0. The maximum absolute atomic E-state index is 12.7. The first-order chi connectivity index (χ1) is 10.3. The molecule has 0 aromatic heterocycles. The first-order valence-electron chi connectivity index (χ1n) is 8.34. The molecule has 0 radical (unpaired) electrons. The number of hydrogen-bond donors (Lipinski definition) is 0. The normalized spacial score (nSPS) is 19.1. The van der Waals surface area contributed by atoms with Gasteiger partial charge in [0, 0.05) is 13.1 Å². The molecule has 1 aromatic carbocycles. The van der Waals surface area contributed by atoms with Gasteiger partial charge in [0.1, 0.15) is 5.75 Å². The van der Waals surface area contributed by atoms with Gasteiger partial charge in [0.2, 0.25) is 0 Å². The van der Waals surface area contributed by atoms with Gasteiger partial charge in [-0.25, -0.2) is 0 Å². The van der Waals surface area contributed by atoms with Gasteiger partial charge in [-0.1, -0.05) is 45.9 Å². The molecule has 0 N–H and O–H groups in total. The zero-order chi connectivity index (χ0) is 16.3. The van der Waals surface area contributed by atoms with Crippen LogP contribution in [0.25, 0.3) is 0 Å². The lowest BCUT2D eigenvalue weighted by atomic mass is 9.84. The summed E-state index contributed by atoms with van der Waals surface area (Å²) in [7, 11) is 0. The van der Waals surface area contributed by atoms with E-state index in [0.29, 0.717) is 5.92 Å². The van der Waals surface area contributed by atoms with Crippen LogP contribution in [-0.2, 0) is 4.79 Å². The van der Waals surface area contributed by atoms with E-state index in [-0.39, 0.29) is 11.3 Å². The molecule has 1 atom stereocenters. The summed E-state index contributed by atoms with van der Waals surface area (Å²) < 4.78 is 6.00. The molecule has 2 rings (SSSR count). The van der Waals surface area contributed by atoms with E-state index >= 15 is 0 Å². The van der Waals surface area contributed by atoms with E-state index in [1.54, 1.807) is 0 Å². The summed E-state index contributed by atoms with van der Waals surface area (Å²) in [5, 5.41) is 0. The van der Waals surface area contributed by atoms with E-state index in [9.17, 15) is 4.79 Å². The molecule has 0 spiro atoms. The molecule has 1 aromatic rings. The number of amides is 1. The van der Waals surface area contributed by atoms with Crippen LogP contribution in [0.2, 0.25) is 0 Å². The summed E-state index contributed by atoms with van der Waals surface area (Å²) in [6.07, 6.45) is 1.82. The molecule has 0 aliphatic carbocycles. The highest BCUT2D eigenvalue weighted by Crippen LogP contribution is 2.30. The lowest BCUT2D eigenvalue weighted by Gasteiger charge is -2.39. The Bertz CT molecular complexity index is 522. The topological polar surface area (TPSA) is 29.5 Å². The average Bonchev–Trinajstić information content (AvgIpc) is 2.45. The van der Waals surface area contributed by atoms with Gasteiger partial charge in [0.05, 0.1) is 0 Å². The highest BCUT2D eigenvalue weighted by atomic mass is 16.5. The van der Waals surface area contributed by atoms with Crippen molar-refractivity contribution in [2.75, 3.05) is 13.1 Å². The molecule has 1 aliphatic heterocycles. The van der Waals surface area contributed by atoms with Crippen molar-refractivity contribution in [3.05, 3.63) is 29.8 Å². The van der Waals surface area contributed by atoms with Crippen LogP contribution in [0.3, 0.4) is 0 Å². The predicted molar refractivity (Wildman–Crippen MR) is 90.2 cm³/mol. The molecule has 1 aliphatic rings. The third kappa shape index (κ3) is 4.02. The van der Waals surface area contributed by atoms with Crippen LogP contribution < -0.4 is 4.74 Å². The van der Waals surface area contributed by atoms with Crippen molar-refractivity contribution in [1.82, 2.24) is 4.90 Å². The van der Waals surface area contributed by atoms with Crippen LogP contribution in [0.15, 0.2) is 24.3 Å². The predicted octanol–water partition coefficient (Wildman–Crippen LogP) is 4.23. The quantitative estimate of drug-likeness (QED) is 0.833. The number of para-hydroxylation sites is 1. The average molecular weight is 303 g/mol. The van der Waals surface area contributed by atoms with Crippen LogP contribution in [0.1, 0.15) is 58.9 Å². The van der Waals surface area contributed by atoms with Crippen LogP contribution in [0.5, 0.6) is 5.75 Å². The maximum Gasteiger partial charge on any atom is 0.263 e. The molecule has 1 amide bonds. The standard InChI is InChI=1S/C19H29NO2/c1-14(2)16-9-6-7-10-17(16)22-15(3)18(21)20-12-8-11-19(4,5)13-20/h6-7,9-10,14-15H,8,11-13H2,1-5H3/t15-/m0/s1. The number of likely N-dealkylation sites (tertiary alicyclic amines) is 1. The summed E-state index contributed by atoms with van der Waals surface area (Å²) in [6.45, 7) is 12.3. The molecule has 0 saturated carbocycles. The van der Waals surface area contributed by atoms with Gasteiger partial charge < -0.3 is 9.64 Å². The molecular formula is C19H29NO2. The van der Waals surface area contributed by atoms with Gasteiger partial charge in [-0.05, 0) is 42.7 Å². The van der Waals surface area contributed by atoms with Gasteiger partial charge in [-0.2, -0.15) is 0 Å². The molecular weight excluding hydrogens is 274 g/mol. The van der Waals surface area contributed by atoms with Crippen LogP contribution in [0.4, 0.5) is 0 Å². The number of carbonyl (C=O) groups excluding carboxylic acids is 1. The van der Waals surface area contributed by atoms with Crippen molar-refractivity contribution in [3.63, 3.8) is 0 Å². The van der Waals surface area contributed by atoms with Gasteiger partial charge in [0.25, 0.3) is 5.91 Å². The number of nitrogens with zero attached hydrogens (tertiary/aromatic N) is 1. The summed E-state index contributed by atoms with van der Waals surface area (Å²) in [5.41, 5.74) is 1.37. The zero-order valence-corrected chi connectivity index (χ0v) is 14.6. The molecule has 3 heteroatoms. The Morgan fingerprint density at radius 2 is 1.91 bits per heavy atom. The molecule has 122 valence electrons. The Balaban J connectivity index is 2.06. The van der Waals surface area contributed by atoms with Crippen molar-refractivity contribution < 1.29 is 9.53 Å². The number of ether oxygens (including phenoxy) is 1. The van der Waals surface area contributed by atoms with Gasteiger partial charge in [-0.15, -0.1) is 0 Å². The first-order valence-corrected chi connectivity index (χ1v) is 8.34. The Morgan fingerprint density at radius 3 is 2.55 bits per heavy atom. The second-order valence-corrected chi connectivity index (χ2v) is 7.48. The SMILES string of the molecule is CC(C)c1ccccc1O[C@@H](C)C(=O)N1CCCC(C)(C)C1. The molecule has 0 unspecified atom stereocenters. The molecule has 22 heavy (non-hydrogen) atoms. The van der Waals surface area contributed by atoms with E-state index in [4.69, 9.17) is 4.74 Å². The minimum absolute atomic E-state index is 0.103. The minimum Gasteiger partial charge on any atom is -0.481 e. The molecule has 1 heterocycles. The van der Waals surface area contributed by atoms with Gasteiger partial charge in [-0.3, -0.25) is 4.79 Å². The summed E-state index contributed by atoms with van der Waals surface area (Å²) in [4.78, 5) is 14.6. The number of carbonyl (C=O) groups is 1. The summed E-state index contributed by atoms with van der Waals surface area (Å²) in [6, 6.07) is 8.00. The van der Waals surface area contributed by atoms with Crippen LogP contribution in [-0.4, -0.2) is 30.0 Å². The van der Waals surface area contributed by atoms with E-state index in [2.05, 4.69) is 33.8 Å². The number of piperidine rings is 1. The Kier molecular flexibility index (Phi) is 5.15. The smallest absolute Gasteiger partial charge is 0.263 e. The Labute approximate surface area is 134 Å². The lowest BCUT2D eigenvalue weighted by Crippen LogP contribution is -2.48. The van der Waals surface area contributed by atoms with Crippen molar-refractivity contribution in [2.45, 2.75) is 59.5 Å². The fraction of sp³-hybridized carbons (Fsp3) is 0.632. The van der Waals surface area contributed by atoms with E-state index in [0.717, 1.165) is 30.8 Å². The maximum atomic E-state index is 12.7. The molecule has 3 nitrogen and oxygen atoms in total. The van der Waals surface area contributed by atoms with Gasteiger partial charge >= 0.3 is 0 Å². The minimum atomic E-state index is -0.436. The van der Waals surface area contributed by atoms with E-state index in [1.807, 2.05) is 30.0 Å². The third-order valence-electron chi connectivity index (χ3n) is 4.40. The van der Waals surface area contributed by atoms with E-state index in [1.165, 1.54) is 6.42 Å². The third-order valence-corrected chi connectivity index (χ3v) is 4.40. The van der Waals surface area contributed by atoms with Crippen molar-refractivity contribution in [3.8, 4) is 5.75 Å². The lowest BCUT2D eigenvalue weighted by molar-refractivity contribution is -0.141. The summed E-state index contributed by atoms with van der Waals surface area (Å²) in [5.74, 6) is 1.31. The van der Waals surface area contributed by atoms with Crippen LogP contribution >= 0.6 is 0 Å². The first kappa shape index (κ1) is 16.9. The fourth-order valence-electron chi connectivity index (χ4n) is 3.17. The number of hydrogen-bond acceptors (Lipinski definition) is 2. The van der Waals surface area contributed by atoms with Gasteiger partial charge in [0.15, 0.2) is 6.10 Å². The zero-order valence-electron chi connectivity index (χ0n) is 14.6. The Morgan fingerprint density at radius 1 is 1.23 bits per heavy atom. The highest BCUT2D eigenvalue weighted by Gasteiger charge is 2.32. The fourth-order valence-corrected chi connectivity index (χ4v) is 3.17. The highest BCUT2D eigenvalue weighted by molar-refractivity contribution is 5.81. The van der Waals surface area contributed by atoms with Crippen LogP contribution in [0, 0.1) is 5.41 Å². The second kappa shape index (κ2) is 6.72. The molecule has 1 saturated heterocycles. The largest absolute Gasteiger partial charge is 0.481 e.